The van der Waals surface area contributed by atoms with Crippen LogP contribution in [0.2, 0.25) is 5.02 Å². The Morgan fingerprint density at radius 1 is 1.11 bits per heavy atom. The number of aliphatic hydroxyl groups excluding tert-OH is 1. The molecule has 3 aromatic carbocycles. The second-order valence-corrected chi connectivity index (χ2v) is 8.90. The number of halogens is 2. The molecule has 0 aromatic heterocycles. The van der Waals surface area contributed by atoms with E-state index in [0.29, 0.717) is 29.0 Å². The van der Waals surface area contributed by atoms with Crippen molar-refractivity contribution in [3.63, 3.8) is 0 Å². The Labute approximate surface area is 206 Å². The maximum Gasteiger partial charge on any atom is 0.300 e. The van der Waals surface area contributed by atoms with Crippen molar-refractivity contribution in [3.05, 3.63) is 93.8 Å². The van der Waals surface area contributed by atoms with Crippen LogP contribution in [0.1, 0.15) is 29.7 Å². The van der Waals surface area contributed by atoms with Gasteiger partial charge in [-0.2, -0.15) is 0 Å². The number of anilines is 1. The summed E-state index contributed by atoms with van der Waals surface area (Å²) in [6.45, 7) is 1.94. The smallest absolute Gasteiger partial charge is 0.300 e. The Morgan fingerprint density at radius 2 is 1.86 bits per heavy atom. The topological polar surface area (TPSA) is 76.1 Å². The molecular weight excluding hydrogens is 473 g/mol. The highest BCUT2D eigenvalue weighted by molar-refractivity contribution is 6.51. The first-order valence-electron chi connectivity index (χ1n) is 11.0. The van der Waals surface area contributed by atoms with Crippen LogP contribution in [-0.4, -0.2) is 30.0 Å². The minimum absolute atomic E-state index is 0.00649. The highest BCUT2D eigenvalue weighted by atomic mass is 35.5. The van der Waals surface area contributed by atoms with E-state index in [-0.39, 0.29) is 22.5 Å². The van der Waals surface area contributed by atoms with Crippen LogP contribution in [0.3, 0.4) is 0 Å². The molecule has 2 heterocycles. The first-order valence-corrected chi connectivity index (χ1v) is 11.4. The zero-order valence-corrected chi connectivity index (χ0v) is 19.7. The van der Waals surface area contributed by atoms with Crippen LogP contribution in [0, 0.1) is 5.82 Å². The Bertz CT molecular complexity index is 1380. The van der Waals surface area contributed by atoms with Crippen LogP contribution >= 0.6 is 11.6 Å². The summed E-state index contributed by atoms with van der Waals surface area (Å²) >= 11 is 6.30. The average Bonchev–Trinajstić information content (AvgIpc) is 3.34. The van der Waals surface area contributed by atoms with Gasteiger partial charge in [0.2, 0.25) is 0 Å². The standard InChI is InChI=1S/C27H21ClFNO5/c1-14-11-17-12-16(5-9-21(17)35-14)25(31)23-24(15-3-6-18(29)7-4-15)30(27(33)26(23)32)19-8-10-22(34-2)20(28)13-19/h3-10,12-14,24,31H,11H2,1-2H3/b25-23-. The molecule has 2 atom stereocenters. The number of hydrogen-bond acceptors (Lipinski definition) is 5. The van der Waals surface area contributed by atoms with Crippen molar-refractivity contribution >= 4 is 34.7 Å². The van der Waals surface area contributed by atoms with Crippen molar-refractivity contribution in [2.24, 2.45) is 0 Å². The van der Waals surface area contributed by atoms with Crippen molar-refractivity contribution in [3.8, 4) is 11.5 Å². The van der Waals surface area contributed by atoms with Gasteiger partial charge in [0.05, 0.1) is 23.7 Å². The van der Waals surface area contributed by atoms with Gasteiger partial charge < -0.3 is 14.6 Å². The summed E-state index contributed by atoms with van der Waals surface area (Å²) in [6, 6.07) is 14.3. The summed E-state index contributed by atoms with van der Waals surface area (Å²) in [5.74, 6) is -1.35. The van der Waals surface area contributed by atoms with Crippen LogP contribution in [0.5, 0.6) is 11.5 Å². The maximum atomic E-state index is 13.7. The molecule has 1 N–H and O–H groups in total. The van der Waals surface area contributed by atoms with Gasteiger partial charge in [-0.05, 0) is 66.6 Å². The summed E-state index contributed by atoms with van der Waals surface area (Å²) in [7, 11) is 1.47. The van der Waals surface area contributed by atoms with Gasteiger partial charge in [-0.3, -0.25) is 14.5 Å². The molecule has 0 aliphatic carbocycles. The molecule has 2 unspecified atom stereocenters. The molecule has 6 nitrogen and oxygen atoms in total. The molecule has 0 saturated carbocycles. The minimum atomic E-state index is -0.997. The number of methoxy groups -OCH3 is 1. The number of aliphatic hydroxyl groups is 1. The third-order valence-electron chi connectivity index (χ3n) is 6.21. The van der Waals surface area contributed by atoms with E-state index < -0.39 is 23.5 Å². The quantitative estimate of drug-likeness (QED) is 0.297. The number of carbonyl (C=O) groups is 2. The second kappa shape index (κ2) is 8.74. The molecular formula is C27H21ClFNO5. The number of carbonyl (C=O) groups excluding carboxylic acids is 2. The third-order valence-corrected chi connectivity index (χ3v) is 6.51. The highest BCUT2D eigenvalue weighted by Gasteiger charge is 2.47. The lowest BCUT2D eigenvalue weighted by molar-refractivity contribution is -0.132. The summed E-state index contributed by atoms with van der Waals surface area (Å²) in [6.07, 6.45) is 0.670. The summed E-state index contributed by atoms with van der Waals surface area (Å²) in [4.78, 5) is 27.8. The number of fused-ring (bicyclic) bond motifs is 1. The van der Waals surface area contributed by atoms with E-state index in [1.54, 1.807) is 30.3 Å². The average molecular weight is 494 g/mol. The Hall–Kier alpha value is -3.84. The minimum Gasteiger partial charge on any atom is -0.507 e. The number of ketones is 1. The Kier molecular flexibility index (Phi) is 5.73. The summed E-state index contributed by atoms with van der Waals surface area (Å²) < 4.78 is 24.6. The number of Topliss-reactive ketones (excluding diaryl/α,β-unsaturated/α-hetero) is 1. The number of benzene rings is 3. The van der Waals surface area contributed by atoms with E-state index in [1.807, 2.05) is 6.92 Å². The van der Waals surface area contributed by atoms with Gasteiger partial charge in [0.1, 0.15) is 29.2 Å². The Balaban J connectivity index is 1.68. The van der Waals surface area contributed by atoms with Crippen LogP contribution in [-0.2, 0) is 16.0 Å². The predicted octanol–water partition coefficient (Wildman–Crippen LogP) is 5.44. The first-order chi connectivity index (χ1) is 16.8. The fourth-order valence-corrected chi connectivity index (χ4v) is 4.84. The van der Waals surface area contributed by atoms with Gasteiger partial charge in [-0.15, -0.1) is 0 Å². The van der Waals surface area contributed by atoms with Crippen molar-refractivity contribution in [1.82, 2.24) is 0 Å². The molecule has 2 aliphatic heterocycles. The van der Waals surface area contributed by atoms with E-state index in [9.17, 15) is 19.1 Å². The van der Waals surface area contributed by atoms with Gasteiger partial charge in [0.15, 0.2) is 0 Å². The van der Waals surface area contributed by atoms with Gasteiger partial charge in [-0.25, -0.2) is 4.39 Å². The fraction of sp³-hybridized carbons (Fsp3) is 0.185. The molecule has 1 fully saturated rings. The molecule has 178 valence electrons. The third kappa shape index (κ3) is 3.91. The van der Waals surface area contributed by atoms with Gasteiger partial charge in [-0.1, -0.05) is 23.7 Å². The molecule has 0 radical (unpaired) electrons. The summed E-state index contributed by atoms with van der Waals surface area (Å²) in [5.41, 5.74) is 1.98. The monoisotopic (exact) mass is 493 g/mol. The molecule has 35 heavy (non-hydrogen) atoms. The van der Waals surface area contributed by atoms with E-state index in [2.05, 4.69) is 0 Å². The molecule has 0 bridgehead atoms. The molecule has 3 aromatic rings. The van der Waals surface area contributed by atoms with Crippen molar-refractivity contribution in [2.75, 3.05) is 12.0 Å². The van der Waals surface area contributed by atoms with Gasteiger partial charge in [0.25, 0.3) is 11.7 Å². The number of nitrogens with zero attached hydrogens (tertiary/aromatic N) is 1. The number of hydrogen-bond donors (Lipinski definition) is 1. The normalized spacial score (nSPS) is 20.6. The molecule has 1 amide bonds. The lowest BCUT2D eigenvalue weighted by Gasteiger charge is -2.26. The molecule has 5 rings (SSSR count). The molecule has 8 heteroatoms. The maximum absolute atomic E-state index is 13.7. The van der Waals surface area contributed by atoms with E-state index >= 15 is 0 Å². The zero-order valence-electron chi connectivity index (χ0n) is 18.9. The van der Waals surface area contributed by atoms with Gasteiger partial charge >= 0.3 is 0 Å². The van der Waals surface area contributed by atoms with Crippen LogP contribution in [0.15, 0.2) is 66.2 Å². The predicted molar refractivity (Wildman–Crippen MR) is 129 cm³/mol. The van der Waals surface area contributed by atoms with Crippen molar-refractivity contribution in [1.29, 1.82) is 0 Å². The largest absolute Gasteiger partial charge is 0.507 e. The SMILES string of the molecule is COc1ccc(N2C(=O)C(=O)/C(=C(\O)c3ccc4c(c3)CC(C)O4)C2c2ccc(F)cc2)cc1Cl. The van der Waals surface area contributed by atoms with Crippen LogP contribution in [0.4, 0.5) is 10.1 Å². The molecule has 2 aliphatic rings. The van der Waals surface area contributed by atoms with E-state index in [0.717, 1.165) is 11.3 Å². The lowest BCUT2D eigenvalue weighted by atomic mass is 9.94. The molecule has 0 spiro atoms. The van der Waals surface area contributed by atoms with Crippen LogP contribution in [0.25, 0.3) is 5.76 Å². The number of rotatable bonds is 4. The first kappa shape index (κ1) is 22.9. The number of amides is 1. The van der Waals surface area contributed by atoms with E-state index in [1.165, 1.54) is 42.3 Å². The van der Waals surface area contributed by atoms with Crippen molar-refractivity contribution < 1.29 is 28.6 Å². The number of ether oxygens (including phenoxy) is 2. The van der Waals surface area contributed by atoms with Gasteiger partial charge in [0, 0.05) is 17.7 Å². The van der Waals surface area contributed by atoms with Crippen molar-refractivity contribution in [2.45, 2.75) is 25.5 Å². The molecule has 1 saturated heterocycles. The fourth-order valence-electron chi connectivity index (χ4n) is 4.59. The highest BCUT2D eigenvalue weighted by Crippen LogP contribution is 2.44. The van der Waals surface area contributed by atoms with Crippen LogP contribution < -0.4 is 14.4 Å². The Morgan fingerprint density at radius 3 is 2.54 bits per heavy atom. The zero-order chi connectivity index (χ0) is 24.9. The lowest BCUT2D eigenvalue weighted by Crippen LogP contribution is -2.29. The second-order valence-electron chi connectivity index (χ2n) is 8.49. The summed E-state index contributed by atoms with van der Waals surface area (Å²) in [5, 5.41) is 11.6. The van der Waals surface area contributed by atoms with E-state index in [4.69, 9.17) is 21.1 Å².